The maximum Gasteiger partial charge on any atom is 0.312 e. The third kappa shape index (κ3) is 4.29. The van der Waals surface area contributed by atoms with Gasteiger partial charge in [0, 0.05) is 7.05 Å². The van der Waals surface area contributed by atoms with E-state index in [9.17, 15) is 14.9 Å². The Hall–Kier alpha value is -3.10. The van der Waals surface area contributed by atoms with Crippen LogP contribution in [0.5, 0.6) is 11.5 Å². The summed E-state index contributed by atoms with van der Waals surface area (Å²) in [5.74, 6) is 1.01. The maximum absolute atomic E-state index is 12.3. The van der Waals surface area contributed by atoms with Crippen LogP contribution >= 0.6 is 0 Å². The number of benzene rings is 1. The fourth-order valence-corrected chi connectivity index (χ4v) is 2.51. The van der Waals surface area contributed by atoms with E-state index in [2.05, 4.69) is 5.10 Å². The highest BCUT2D eigenvalue weighted by Gasteiger charge is 2.23. The van der Waals surface area contributed by atoms with Crippen molar-refractivity contribution >= 4 is 11.6 Å². The second kappa shape index (κ2) is 8.32. The highest BCUT2D eigenvalue weighted by Crippen LogP contribution is 2.25. The fourth-order valence-electron chi connectivity index (χ4n) is 2.51. The summed E-state index contributed by atoms with van der Waals surface area (Å²) in [5, 5.41) is 15.1. The normalized spacial score (nSPS) is 10.5. The molecule has 1 amide bonds. The molecule has 0 saturated carbocycles. The number of rotatable bonds is 8. The van der Waals surface area contributed by atoms with Gasteiger partial charge in [0.2, 0.25) is 5.91 Å². The largest absolute Gasteiger partial charge is 0.493 e. The van der Waals surface area contributed by atoms with Gasteiger partial charge in [0.05, 0.1) is 18.6 Å². The van der Waals surface area contributed by atoms with Gasteiger partial charge in [-0.3, -0.25) is 19.6 Å². The topological polar surface area (TPSA) is 99.7 Å². The molecule has 2 rings (SSSR count). The Balaban J connectivity index is 1.92. The SMILES string of the molecule is COc1ccccc1OCCN(C)C(=O)Cn1nc(C)c([N+](=O)[O-])c1C. The smallest absolute Gasteiger partial charge is 0.312 e. The molecule has 0 fully saturated rings. The molecule has 0 atom stereocenters. The number of amides is 1. The Kier molecular flexibility index (Phi) is 6.16. The van der Waals surface area contributed by atoms with Crippen LogP contribution in [0, 0.1) is 24.0 Å². The number of nitrogens with zero attached hydrogens (tertiary/aromatic N) is 4. The lowest BCUT2D eigenvalue weighted by molar-refractivity contribution is -0.386. The summed E-state index contributed by atoms with van der Waals surface area (Å²) < 4.78 is 12.2. The van der Waals surface area contributed by atoms with Gasteiger partial charge in [-0.05, 0) is 26.0 Å². The van der Waals surface area contributed by atoms with E-state index < -0.39 is 4.92 Å². The van der Waals surface area contributed by atoms with Crippen molar-refractivity contribution in [3.05, 3.63) is 45.8 Å². The number of aryl methyl sites for hydroxylation is 1. The van der Waals surface area contributed by atoms with Gasteiger partial charge in [0.25, 0.3) is 0 Å². The van der Waals surface area contributed by atoms with E-state index in [1.54, 1.807) is 40.1 Å². The zero-order valence-corrected chi connectivity index (χ0v) is 15.3. The van der Waals surface area contributed by atoms with Crippen molar-refractivity contribution in [3.63, 3.8) is 0 Å². The van der Waals surface area contributed by atoms with Crippen molar-refractivity contribution in [2.75, 3.05) is 27.3 Å². The lowest BCUT2D eigenvalue weighted by Crippen LogP contribution is -2.34. The minimum atomic E-state index is -0.483. The minimum absolute atomic E-state index is 0.0556. The molecule has 0 N–H and O–H groups in total. The van der Waals surface area contributed by atoms with Gasteiger partial charge in [0.15, 0.2) is 11.5 Å². The average molecular weight is 362 g/mol. The third-order valence-electron chi connectivity index (χ3n) is 3.99. The first kappa shape index (κ1) is 19.2. The number of carbonyl (C=O) groups is 1. The molecule has 9 nitrogen and oxygen atoms in total. The van der Waals surface area contributed by atoms with Gasteiger partial charge in [-0.2, -0.15) is 5.10 Å². The van der Waals surface area contributed by atoms with Crippen LogP contribution in [-0.2, 0) is 11.3 Å². The van der Waals surface area contributed by atoms with Crippen molar-refractivity contribution in [2.45, 2.75) is 20.4 Å². The summed E-state index contributed by atoms with van der Waals surface area (Å²) >= 11 is 0. The van der Waals surface area contributed by atoms with Crippen LogP contribution in [0.25, 0.3) is 0 Å². The number of aromatic nitrogens is 2. The van der Waals surface area contributed by atoms with Gasteiger partial charge in [0.1, 0.15) is 24.5 Å². The summed E-state index contributed by atoms with van der Waals surface area (Å²) in [4.78, 5) is 24.4. The van der Waals surface area contributed by atoms with Crippen molar-refractivity contribution in [1.82, 2.24) is 14.7 Å². The zero-order valence-electron chi connectivity index (χ0n) is 15.3. The molecule has 1 aromatic carbocycles. The number of ether oxygens (including phenoxy) is 2. The molecule has 0 aliphatic rings. The van der Waals surface area contributed by atoms with Gasteiger partial charge in [-0.15, -0.1) is 0 Å². The maximum atomic E-state index is 12.3. The molecular formula is C17H22N4O5. The van der Waals surface area contributed by atoms with Crippen LogP contribution in [0.1, 0.15) is 11.4 Å². The molecule has 2 aromatic rings. The Morgan fingerprint density at radius 2 is 1.96 bits per heavy atom. The molecule has 0 aliphatic heterocycles. The summed E-state index contributed by atoms with van der Waals surface area (Å²) in [6.07, 6.45) is 0. The second-order valence-corrected chi connectivity index (χ2v) is 5.75. The standard InChI is InChI=1S/C17H22N4O5/c1-12-17(21(23)24)13(2)20(18-12)11-16(22)19(3)9-10-26-15-8-6-5-7-14(15)25-4/h5-8H,9-11H2,1-4H3. The first-order valence-electron chi connectivity index (χ1n) is 8.03. The minimum Gasteiger partial charge on any atom is -0.493 e. The van der Waals surface area contributed by atoms with Crippen LogP contribution in [-0.4, -0.2) is 52.8 Å². The third-order valence-corrected chi connectivity index (χ3v) is 3.99. The molecule has 0 saturated heterocycles. The number of likely N-dealkylation sites (N-methyl/N-ethyl adjacent to an activating group) is 1. The number of hydrogen-bond donors (Lipinski definition) is 0. The molecule has 0 bridgehead atoms. The molecule has 26 heavy (non-hydrogen) atoms. The monoisotopic (exact) mass is 362 g/mol. The quantitative estimate of drug-likeness (QED) is 0.526. The summed E-state index contributed by atoms with van der Waals surface area (Å²) in [5.41, 5.74) is 0.599. The molecule has 9 heteroatoms. The number of nitro groups is 1. The predicted molar refractivity (Wildman–Crippen MR) is 94.5 cm³/mol. The highest BCUT2D eigenvalue weighted by molar-refractivity contribution is 5.75. The Labute approximate surface area is 151 Å². The zero-order chi connectivity index (χ0) is 19.3. The first-order valence-corrected chi connectivity index (χ1v) is 8.03. The molecule has 0 aliphatic carbocycles. The predicted octanol–water partition coefficient (Wildman–Crippen LogP) is 1.95. The number of hydrogen-bond acceptors (Lipinski definition) is 6. The Morgan fingerprint density at radius 3 is 2.54 bits per heavy atom. The van der Waals surface area contributed by atoms with Crippen LogP contribution in [0.4, 0.5) is 5.69 Å². The van der Waals surface area contributed by atoms with E-state index in [4.69, 9.17) is 9.47 Å². The lowest BCUT2D eigenvalue weighted by atomic mass is 10.3. The van der Waals surface area contributed by atoms with E-state index in [0.29, 0.717) is 36.0 Å². The average Bonchev–Trinajstić information content (AvgIpc) is 2.88. The summed E-state index contributed by atoms with van der Waals surface area (Å²) in [7, 11) is 3.21. The Bertz CT molecular complexity index is 802. The first-order chi connectivity index (χ1) is 12.3. The van der Waals surface area contributed by atoms with Crippen LogP contribution in [0.2, 0.25) is 0 Å². The molecule has 1 heterocycles. The summed E-state index contributed by atoms with van der Waals surface area (Å²) in [6.45, 7) is 3.72. The number of para-hydroxylation sites is 2. The van der Waals surface area contributed by atoms with Gasteiger partial charge in [-0.25, -0.2) is 0 Å². The molecule has 0 spiro atoms. The van der Waals surface area contributed by atoms with E-state index in [1.807, 2.05) is 12.1 Å². The van der Waals surface area contributed by atoms with Crippen LogP contribution in [0.15, 0.2) is 24.3 Å². The van der Waals surface area contributed by atoms with Crippen molar-refractivity contribution < 1.29 is 19.2 Å². The van der Waals surface area contributed by atoms with Crippen molar-refractivity contribution in [2.24, 2.45) is 0 Å². The van der Waals surface area contributed by atoms with E-state index in [0.717, 1.165) is 0 Å². The second-order valence-electron chi connectivity index (χ2n) is 5.75. The van der Waals surface area contributed by atoms with Crippen LogP contribution < -0.4 is 9.47 Å². The fraction of sp³-hybridized carbons (Fsp3) is 0.412. The molecule has 140 valence electrons. The van der Waals surface area contributed by atoms with E-state index in [-0.39, 0.29) is 18.1 Å². The van der Waals surface area contributed by atoms with E-state index in [1.165, 1.54) is 9.58 Å². The molecule has 0 unspecified atom stereocenters. The van der Waals surface area contributed by atoms with E-state index >= 15 is 0 Å². The molecule has 0 radical (unpaired) electrons. The van der Waals surface area contributed by atoms with Gasteiger partial charge >= 0.3 is 5.69 Å². The highest BCUT2D eigenvalue weighted by atomic mass is 16.6. The molecule has 1 aromatic heterocycles. The van der Waals surface area contributed by atoms with Crippen LogP contribution in [0.3, 0.4) is 0 Å². The molecular weight excluding hydrogens is 340 g/mol. The number of methoxy groups -OCH3 is 1. The number of carbonyl (C=O) groups excluding carboxylic acids is 1. The van der Waals surface area contributed by atoms with Gasteiger partial charge in [-0.1, -0.05) is 12.1 Å². The Morgan fingerprint density at radius 1 is 1.31 bits per heavy atom. The summed E-state index contributed by atoms with van der Waals surface area (Å²) in [6, 6.07) is 7.26. The van der Waals surface area contributed by atoms with Gasteiger partial charge < -0.3 is 14.4 Å². The van der Waals surface area contributed by atoms with Crippen molar-refractivity contribution in [3.8, 4) is 11.5 Å². The lowest BCUT2D eigenvalue weighted by Gasteiger charge is -2.18. The van der Waals surface area contributed by atoms with Crippen molar-refractivity contribution in [1.29, 1.82) is 0 Å².